The first-order valence-electron chi connectivity index (χ1n) is 7.18. The largest absolute Gasteiger partial charge is 0.382 e. The maximum Gasteiger partial charge on any atom is 0.205 e. The van der Waals surface area contributed by atoms with E-state index in [1.54, 1.807) is 0 Å². The molecule has 1 fully saturated rings. The number of guanidine groups is 1. The van der Waals surface area contributed by atoms with Crippen molar-refractivity contribution in [2.75, 3.05) is 26.0 Å². The molecule has 19 heavy (non-hydrogen) atoms. The van der Waals surface area contributed by atoms with Gasteiger partial charge in [0.25, 0.3) is 0 Å². The van der Waals surface area contributed by atoms with Crippen LogP contribution in [-0.2, 0) is 4.74 Å². The molecule has 0 bridgehead atoms. The SMILES string of the molecule is CCOCCCN=C(NN)NC1CCCC(SC)C1. The molecule has 0 aromatic rings. The first-order valence-corrected chi connectivity index (χ1v) is 8.47. The third-order valence-electron chi connectivity index (χ3n) is 3.36. The van der Waals surface area contributed by atoms with E-state index < -0.39 is 0 Å². The highest BCUT2D eigenvalue weighted by molar-refractivity contribution is 7.99. The molecular formula is C13H28N4OS. The van der Waals surface area contributed by atoms with Crippen molar-refractivity contribution in [2.24, 2.45) is 10.8 Å². The molecule has 0 saturated heterocycles. The Morgan fingerprint density at radius 2 is 2.32 bits per heavy atom. The van der Waals surface area contributed by atoms with Crippen molar-refractivity contribution < 1.29 is 4.74 Å². The molecule has 1 saturated carbocycles. The van der Waals surface area contributed by atoms with Gasteiger partial charge in [0.05, 0.1) is 0 Å². The van der Waals surface area contributed by atoms with Crippen LogP contribution in [0.15, 0.2) is 4.99 Å². The highest BCUT2D eigenvalue weighted by Crippen LogP contribution is 2.26. The third kappa shape index (κ3) is 7.03. The molecule has 2 atom stereocenters. The molecule has 2 unspecified atom stereocenters. The molecule has 0 radical (unpaired) electrons. The Balaban J connectivity index is 2.28. The summed E-state index contributed by atoms with van der Waals surface area (Å²) >= 11 is 1.96. The summed E-state index contributed by atoms with van der Waals surface area (Å²) in [6.07, 6.45) is 8.13. The van der Waals surface area contributed by atoms with Crippen molar-refractivity contribution in [3.63, 3.8) is 0 Å². The van der Waals surface area contributed by atoms with Crippen molar-refractivity contribution in [1.82, 2.24) is 10.7 Å². The molecule has 4 N–H and O–H groups in total. The van der Waals surface area contributed by atoms with Gasteiger partial charge in [0, 0.05) is 31.1 Å². The monoisotopic (exact) mass is 288 g/mol. The number of rotatable bonds is 7. The number of ether oxygens (including phenoxy) is 1. The minimum Gasteiger partial charge on any atom is -0.382 e. The average Bonchev–Trinajstić information content (AvgIpc) is 2.46. The predicted octanol–water partition coefficient (Wildman–Crippen LogP) is 1.50. The van der Waals surface area contributed by atoms with E-state index in [1.165, 1.54) is 25.7 Å². The minimum absolute atomic E-state index is 0.493. The van der Waals surface area contributed by atoms with Gasteiger partial charge in [-0.3, -0.25) is 10.4 Å². The molecule has 0 heterocycles. The number of hydrogen-bond donors (Lipinski definition) is 3. The van der Waals surface area contributed by atoms with Gasteiger partial charge in [-0.1, -0.05) is 6.42 Å². The van der Waals surface area contributed by atoms with Crippen molar-refractivity contribution in [3.8, 4) is 0 Å². The summed E-state index contributed by atoms with van der Waals surface area (Å²) < 4.78 is 5.28. The first-order chi connectivity index (χ1) is 9.30. The zero-order valence-corrected chi connectivity index (χ0v) is 13.0. The quantitative estimate of drug-likeness (QED) is 0.218. The summed E-state index contributed by atoms with van der Waals surface area (Å²) in [5.74, 6) is 6.23. The van der Waals surface area contributed by atoms with Crippen molar-refractivity contribution >= 4 is 17.7 Å². The number of hydrazine groups is 1. The van der Waals surface area contributed by atoms with Crippen LogP contribution in [0.5, 0.6) is 0 Å². The minimum atomic E-state index is 0.493. The Morgan fingerprint density at radius 3 is 3.00 bits per heavy atom. The Morgan fingerprint density at radius 1 is 1.47 bits per heavy atom. The van der Waals surface area contributed by atoms with Crippen molar-refractivity contribution in [3.05, 3.63) is 0 Å². The fourth-order valence-corrected chi connectivity index (χ4v) is 3.15. The normalized spacial score (nSPS) is 24.3. The van der Waals surface area contributed by atoms with Gasteiger partial charge in [0.2, 0.25) is 5.96 Å². The van der Waals surface area contributed by atoms with Gasteiger partial charge >= 0.3 is 0 Å². The van der Waals surface area contributed by atoms with Crippen LogP contribution in [0.1, 0.15) is 39.0 Å². The Hall–Kier alpha value is -0.460. The topological polar surface area (TPSA) is 71.7 Å². The van der Waals surface area contributed by atoms with Gasteiger partial charge in [-0.05, 0) is 38.9 Å². The highest BCUT2D eigenvalue weighted by Gasteiger charge is 2.21. The molecule has 0 aromatic carbocycles. The van der Waals surface area contributed by atoms with Gasteiger partial charge in [0.15, 0.2) is 0 Å². The van der Waals surface area contributed by atoms with Gasteiger partial charge in [-0.25, -0.2) is 5.84 Å². The molecule has 1 rings (SSSR count). The maximum atomic E-state index is 5.52. The predicted molar refractivity (Wildman–Crippen MR) is 83.4 cm³/mol. The van der Waals surface area contributed by atoms with Crippen LogP contribution >= 0.6 is 11.8 Å². The van der Waals surface area contributed by atoms with Crippen LogP contribution in [0.25, 0.3) is 0 Å². The zero-order chi connectivity index (χ0) is 13.9. The van der Waals surface area contributed by atoms with E-state index in [2.05, 4.69) is 22.0 Å². The number of hydrogen-bond acceptors (Lipinski definition) is 4. The smallest absolute Gasteiger partial charge is 0.205 e. The lowest BCUT2D eigenvalue weighted by molar-refractivity contribution is 0.146. The van der Waals surface area contributed by atoms with Crippen LogP contribution in [0.4, 0.5) is 0 Å². The fourth-order valence-electron chi connectivity index (χ4n) is 2.32. The molecule has 0 spiro atoms. The van der Waals surface area contributed by atoms with Crippen LogP contribution in [0.3, 0.4) is 0 Å². The molecular weight excluding hydrogens is 260 g/mol. The van der Waals surface area contributed by atoms with E-state index in [9.17, 15) is 0 Å². The second-order valence-electron chi connectivity index (χ2n) is 4.79. The summed E-state index contributed by atoms with van der Waals surface area (Å²) in [6, 6.07) is 0.493. The highest BCUT2D eigenvalue weighted by atomic mass is 32.2. The number of nitrogens with zero attached hydrogens (tertiary/aromatic N) is 1. The summed E-state index contributed by atoms with van der Waals surface area (Å²) in [5, 5.41) is 4.19. The Kier molecular flexibility index (Phi) is 9.03. The number of thioether (sulfide) groups is 1. The molecule has 0 aromatic heterocycles. The van der Waals surface area contributed by atoms with Crippen LogP contribution in [-0.4, -0.2) is 43.3 Å². The van der Waals surface area contributed by atoms with Gasteiger partial charge < -0.3 is 10.1 Å². The van der Waals surface area contributed by atoms with E-state index in [-0.39, 0.29) is 0 Å². The summed E-state index contributed by atoms with van der Waals surface area (Å²) in [7, 11) is 0. The van der Waals surface area contributed by atoms with Gasteiger partial charge in [-0.15, -0.1) is 0 Å². The van der Waals surface area contributed by atoms with E-state index in [0.717, 1.165) is 31.4 Å². The zero-order valence-electron chi connectivity index (χ0n) is 12.2. The van der Waals surface area contributed by atoms with Gasteiger partial charge in [-0.2, -0.15) is 11.8 Å². The molecule has 6 heteroatoms. The van der Waals surface area contributed by atoms with E-state index in [4.69, 9.17) is 10.6 Å². The van der Waals surface area contributed by atoms with Crippen molar-refractivity contribution in [2.45, 2.75) is 50.3 Å². The molecule has 0 amide bonds. The first kappa shape index (κ1) is 16.6. The van der Waals surface area contributed by atoms with E-state index in [1.807, 2.05) is 18.7 Å². The third-order valence-corrected chi connectivity index (χ3v) is 4.45. The summed E-state index contributed by atoms with van der Waals surface area (Å²) in [4.78, 5) is 4.44. The Bertz CT molecular complexity index is 263. The summed E-state index contributed by atoms with van der Waals surface area (Å²) in [5.41, 5.74) is 2.66. The Labute approximate surface area is 121 Å². The van der Waals surface area contributed by atoms with Crippen molar-refractivity contribution in [1.29, 1.82) is 0 Å². The molecule has 5 nitrogen and oxygen atoms in total. The van der Waals surface area contributed by atoms with Gasteiger partial charge in [0.1, 0.15) is 0 Å². The summed E-state index contributed by atoms with van der Waals surface area (Å²) in [6.45, 7) is 4.27. The average molecular weight is 288 g/mol. The van der Waals surface area contributed by atoms with E-state index >= 15 is 0 Å². The number of aliphatic imine (C=N–C) groups is 1. The number of nitrogens with one attached hydrogen (secondary N) is 2. The molecule has 1 aliphatic rings. The molecule has 0 aliphatic heterocycles. The lowest BCUT2D eigenvalue weighted by Gasteiger charge is -2.29. The van der Waals surface area contributed by atoms with Crippen LogP contribution in [0, 0.1) is 0 Å². The second kappa shape index (κ2) is 10.3. The van der Waals surface area contributed by atoms with Crippen LogP contribution < -0.4 is 16.6 Å². The fraction of sp³-hybridized carbons (Fsp3) is 0.923. The maximum absolute atomic E-state index is 5.52. The van der Waals surface area contributed by atoms with Crippen LogP contribution in [0.2, 0.25) is 0 Å². The lowest BCUT2D eigenvalue weighted by Crippen LogP contribution is -2.48. The molecule has 1 aliphatic carbocycles. The standard InChI is InChI=1S/C13H28N4OS/c1-3-18-9-5-8-15-13(17-14)16-11-6-4-7-12(10-11)19-2/h11-12H,3-10,14H2,1-2H3,(H2,15,16,17). The second-order valence-corrected chi connectivity index (χ2v) is 5.93. The molecule has 112 valence electrons. The number of nitrogens with two attached hydrogens (primary N) is 1. The lowest BCUT2D eigenvalue weighted by atomic mass is 9.95. The van der Waals surface area contributed by atoms with E-state index in [0.29, 0.717) is 12.0 Å².